The largest absolute Gasteiger partial charge is 0.449 e. The minimum Gasteiger partial charge on any atom is -0.449 e. The van der Waals surface area contributed by atoms with E-state index in [1.807, 2.05) is 0 Å². The Morgan fingerprint density at radius 1 is 1.22 bits per heavy atom. The van der Waals surface area contributed by atoms with Crippen molar-refractivity contribution in [3.8, 4) is 0 Å². The van der Waals surface area contributed by atoms with Crippen LogP contribution in [0.2, 0.25) is 5.02 Å². The van der Waals surface area contributed by atoms with Gasteiger partial charge in [-0.15, -0.1) is 0 Å². The van der Waals surface area contributed by atoms with Crippen LogP contribution in [0.1, 0.15) is 0 Å². The molecular weight excluding hydrogens is 134 g/mol. The summed E-state index contributed by atoms with van der Waals surface area (Å²) in [4.78, 5) is 0. The summed E-state index contributed by atoms with van der Waals surface area (Å²) in [6, 6.07) is 7.10. The van der Waals surface area contributed by atoms with Crippen LogP contribution in [0.4, 0.5) is 0 Å². The van der Waals surface area contributed by atoms with Crippen molar-refractivity contribution in [3.63, 3.8) is 0 Å². The standard InChI is InChI=1S/C6H6BClO/c8-6-3-1-5(7-9)2-4-6/h1-4,7,9H. The van der Waals surface area contributed by atoms with Crippen LogP contribution in [0.3, 0.4) is 0 Å². The smallest absolute Gasteiger partial charge is 0.304 e. The third-order valence-corrected chi connectivity index (χ3v) is 1.35. The summed E-state index contributed by atoms with van der Waals surface area (Å²) in [5.74, 6) is 0. The minimum absolute atomic E-state index is 0.0805. The molecule has 1 N–H and O–H groups in total. The molecule has 0 aliphatic rings. The van der Waals surface area contributed by atoms with Crippen LogP contribution in [0.5, 0.6) is 0 Å². The minimum atomic E-state index is 0.0805. The van der Waals surface area contributed by atoms with Crippen molar-refractivity contribution in [1.29, 1.82) is 0 Å². The highest BCUT2D eigenvalue weighted by atomic mass is 35.5. The third kappa shape index (κ3) is 1.73. The molecular formula is C6H6BClO. The zero-order valence-corrected chi connectivity index (χ0v) is 5.60. The van der Waals surface area contributed by atoms with E-state index in [-0.39, 0.29) is 7.48 Å². The zero-order valence-electron chi connectivity index (χ0n) is 4.84. The maximum Gasteiger partial charge on any atom is 0.304 e. The normalized spacial score (nSPS) is 9.11. The summed E-state index contributed by atoms with van der Waals surface area (Å²) in [5, 5.41) is 9.29. The van der Waals surface area contributed by atoms with Gasteiger partial charge in [0.15, 0.2) is 0 Å². The second-order valence-corrected chi connectivity index (χ2v) is 2.22. The van der Waals surface area contributed by atoms with E-state index in [9.17, 15) is 0 Å². The zero-order chi connectivity index (χ0) is 6.69. The Hall–Kier alpha value is -0.465. The molecule has 0 atom stereocenters. The fourth-order valence-corrected chi connectivity index (χ4v) is 0.716. The molecule has 0 saturated carbocycles. The van der Waals surface area contributed by atoms with Gasteiger partial charge in [-0.05, 0) is 12.1 Å². The first kappa shape index (κ1) is 6.65. The van der Waals surface area contributed by atoms with Crippen LogP contribution >= 0.6 is 11.6 Å². The fraction of sp³-hybridized carbons (Fsp3) is 0. The molecule has 0 saturated heterocycles. The van der Waals surface area contributed by atoms with Crippen molar-refractivity contribution >= 4 is 24.5 Å². The molecule has 0 aromatic heterocycles. The average molecular weight is 140 g/mol. The fourth-order valence-electron chi connectivity index (χ4n) is 0.590. The van der Waals surface area contributed by atoms with Crippen molar-refractivity contribution in [2.75, 3.05) is 0 Å². The van der Waals surface area contributed by atoms with E-state index in [0.717, 1.165) is 5.46 Å². The highest BCUT2D eigenvalue weighted by molar-refractivity contribution is 6.45. The van der Waals surface area contributed by atoms with Gasteiger partial charge < -0.3 is 5.02 Å². The van der Waals surface area contributed by atoms with E-state index < -0.39 is 0 Å². The first-order valence-corrected chi connectivity index (χ1v) is 3.06. The molecule has 0 fully saturated rings. The van der Waals surface area contributed by atoms with Crippen LogP contribution in [0, 0.1) is 0 Å². The van der Waals surface area contributed by atoms with Gasteiger partial charge in [0.1, 0.15) is 0 Å². The number of rotatable bonds is 1. The lowest BCUT2D eigenvalue weighted by Gasteiger charge is -1.91. The Morgan fingerprint density at radius 3 is 2.22 bits per heavy atom. The van der Waals surface area contributed by atoms with Crippen LogP contribution in [0.15, 0.2) is 24.3 Å². The first-order chi connectivity index (χ1) is 4.33. The highest BCUT2D eigenvalue weighted by Crippen LogP contribution is 2.02. The summed E-state index contributed by atoms with van der Waals surface area (Å²) in [7, 11) is 0.0805. The Kier molecular flexibility index (Phi) is 2.14. The number of hydrogen-bond donors (Lipinski definition) is 1. The lowest BCUT2D eigenvalue weighted by Crippen LogP contribution is -2.11. The van der Waals surface area contributed by atoms with Crippen LogP contribution < -0.4 is 5.46 Å². The Balaban J connectivity index is 2.88. The quantitative estimate of drug-likeness (QED) is 0.557. The molecule has 1 nitrogen and oxygen atoms in total. The third-order valence-electron chi connectivity index (χ3n) is 1.10. The van der Waals surface area contributed by atoms with Gasteiger partial charge in [0, 0.05) is 5.02 Å². The van der Waals surface area contributed by atoms with E-state index in [0.29, 0.717) is 5.02 Å². The molecule has 0 aliphatic carbocycles. The summed E-state index contributed by atoms with van der Waals surface area (Å²) in [6.45, 7) is 0. The summed E-state index contributed by atoms with van der Waals surface area (Å²) < 4.78 is 0. The molecule has 0 amide bonds. The van der Waals surface area contributed by atoms with Crippen LogP contribution in [-0.2, 0) is 0 Å². The Bertz CT molecular complexity index is 185. The second kappa shape index (κ2) is 2.90. The molecule has 9 heavy (non-hydrogen) atoms. The molecule has 1 aromatic rings. The highest BCUT2D eigenvalue weighted by Gasteiger charge is 1.89. The summed E-state index contributed by atoms with van der Waals surface area (Å²) in [6.07, 6.45) is 0. The lowest BCUT2D eigenvalue weighted by molar-refractivity contribution is 0.615. The van der Waals surface area contributed by atoms with Gasteiger partial charge in [-0.1, -0.05) is 29.2 Å². The van der Waals surface area contributed by atoms with E-state index in [2.05, 4.69) is 0 Å². The number of hydrogen-bond acceptors (Lipinski definition) is 1. The van der Waals surface area contributed by atoms with E-state index in [1.54, 1.807) is 24.3 Å². The molecule has 0 heterocycles. The first-order valence-electron chi connectivity index (χ1n) is 2.68. The molecule has 0 spiro atoms. The van der Waals surface area contributed by atoms with Gasteiger partial charge in [0.25, 0.3) is 0 Å². The molecule has 46 valence electrons. The van der Waals surface area contributed by atoms with Crippen molar-refractivity contribution < 1.29 is 5.02 Å². The Labute approximate surface area is 59.6 Å². The monoisotopic (exact) mass is 140 g/mol. The van der Waals surface area contributed by atoms with Gasteiger partial charge in [0.2, 0.25) is 0 Å². The molecule has 1 rings (SSSR count). The predicted octanol–water partition coefficient (Wildman–Crippen LogP) is 0.309. The maximum atomic E-state index is 8.59. The van der Waals surface area contributed by atoms with E-state index in [4.69, 9.17) is 16.6 Å². The maximum absolute atomic E-state index is 8.59. The van der Waals surface area contributed by atoms with Gasteiger partial charge in [0.05, 0.1) is 0 Å². The SMILES string of the molecule is OBc1ccc(Cl)cc1. The Morgan fingerprint density at radius 2 is 1.78 bits per heavy atom. The van der Waals surface area contributed by atoms with Gasteiger partial charge in [-0.3, -0.25) is 0 Å². The number of halogens is 1. The van der Waals surface area contributed by atoms with Crippen LogP contribution in [0.25, 0.3) is 0 Å². The molecule has 0 bridgehead atoms. The van der Waals surface area contributed by atoms with Crippen molar-refractivity contribution in [2.24, 2.45) is 0 Å². The predicted molar refractivity (Wildman–Crippen MR) is 40.5 cm³/mol. The number of benzene rings is 1. The van der Waals surface area contributed by atoms with E-state index in [1.165, 1.54) is 0 Å². The summed E-state index contributed by atoms with van der Waals surface area (Å²) in [5.41, 5.74) is 0.888. The van der Waals surface area contributed by atoms with Gasteiger partial charge >= 0.3 is 7.48 Å². The molecule has 0 aliphatic heterocycles. The van der Waals surface area contributed by atoms with Gasteiger partial charge in [-0.25, -0.2) is 0 Å². The topological polar surface area (TPSA) is 20.2 Å². The van der Waals surface area contributed by atoms with Crippen molar-refractivity contribution in [3.05, 3.63) is 29.3 Å². The second-order valence-electron chi connectivity index (χ2n) is 1.78. The summed E-state index contributed by atoms with van der Waals surface area (Å²) >= 11 is 5.59. The van der Waals surface area contributed by atoms with Crippen LogP contribution in [-0.4, -0.2) is 12.5 Å². The lowest BCUT2D eigenvalue weighted by atomic mass is 9.89. The van der Waals surface area contributed by atoms with Crippen molar-refractivity contribution in [2.45, 2.75) is 0 Å². The molecule has 0 radical (unpaired) electrons. The van der Waals surface area contributed by atoms with Crippen molar-refractivity contribution in [1.82, 2.24) is 0 Å². The average Bonchev–Trinajstić information content (AvgIpc) is 1.90. The molecule has 1 aromatic carbocycles. The molecule has 3 heteroatoms. The molecule has 0 unspecified atom stereocenters. The van der Waals surface area contributed by atoms with Gasteiger partial charge in [-0.2, -0.15) is 0 Å². The van der Waals surface area contributed by atoms with E-state index >= 15 is 0 Å².